The van der Waals surface area contributed by atoms with Crippen LogP contribution in [-0.2, 0) is 49.4 Å². The maximum Gasteiger partial charge on any atom is 0.242 e. The number of hydrogen-bond donors (Lipinski definition) is 11. The topological polar surface area (TPSA) is 334 Å². The Hall–Kier alpha value is -4.99. The predicted molar refractivity (Wildman–Crippen MR) is 357 cm³/mol. The standard InChI is InChI=1S/C18H22FN5O2S4.C18H22N4S3.C17H19FN4O2S4/c1-24(2)30(25,26)14-6-7-15(12(9-14)10-27-17(20)21)28-16(29-18(22)23)11-4-3-5-13(19)8-11;1-21-17(19)23-11-13-7-3-5-9-15(13)25-16-10-6-4-8-14(16)12-24-18(20)22-2;1-28(23,24)13-3-5-14(10(7-13)8-22-17(21)25)27-15-4-2-12(18)6-11(15)9-26-16(19)20/h3-9,16H,10H2,1-2H3,(H3,20,21)(H3,22,23);3-10H,11-12H2,1-2H3,(H2,19,21)(H2,20,22);2-7H,8-9H2,1H3,(H3,19,20)(H3,21,22,25). The maximum absolute atomic E-state index is 13.7. The molecule has 0 aliphatic rings. The molecule has 444 valence electrons. The highest BCUT2D eigenvalue weighted by atomic mass is 32.2. The van der Waals surface area contributed by atoms with Gasteiger partial charge in [-0.25, -0.2) is 29.9 Å². The van der Waals surface area contributed by atoms with Crippen molar-refractivity contribution in [2.24, 2.45) is 38.7 Å². The third-order valence-electron chi connectivity index (χ3n) is 10.6. The number of thioether (sulfide) groups is 6. The number of amidine groups is 6. The van der Waals surface area contributed by atoms with Gasteiger partial charge in [0.15, 0.2) is 40.8 Å². The molecule has 6 aromatic rings. The minimum Gasteiger partial charge on any atom is -0.379 e. The van der Waals surface area contributed by atoms with Crippen molar-refractivity contribution in [1.29, 1.82) is 21.6 Å². The Kier molecular flexibility index (Phi) is 29.6. The summed E-state index contributed by atoms with van der Waals surface area (Å²) in [7, 11) is -0.642. The number of aliphatic imine (C=N–C) groups is 2. The van der Waals surface area contributed by atoms with Crippen LogP contribution in [0.2, 0.25) is 0 Å². The lowest BCUT2D eigenvalue weighted by Crippen LogP contribution is -2.22. The van der Waals surface area contributed by atoms with Crippen LogP contribution in [-0.4, -0.2) is 86.6 Å². The van der Waals surface area contributed by atoms with Gasteiger partial charge >= 0.3 is 0 Å². The number of nitrogens with one attached hydrogen (secondary N) is 5. The Morgan fingerprint density at radius 3 is 1.63 bits per heavy atom. The lowest BCUT2D eigenvalue weighted by Gasteiger charge is -2.19. The van der Waals surface area contributed by atoms with Crippen molar-refractivity contribution in [3.05, 3.63) is 172 Å². The number of thiol groups is 1. The van der Waals surface area contributed by atoms with Crippen LogP contribution in [0.15, 0.2) is 172 Å². The Labute approximate surface area is 523 Å². The Morgan fingerprint density at radius 2 is 1.10 bits per heavy atom. The molecule has 0 amide bonds. The fraction of sp³-hybridized carbons (Fsp3) is 0.208. The number of benzene rings is 6. The smallest absolute Gasteiger partial charge is 0.242 e. The predicted octanol–water partition coefficient (Wildman–Crippen LogP) is 11.3. The lowest BCUT2D eigenvalue weighted by molar-refractivity contribution is 0.520. The Balaban J connectivity index is 0.000000268. The molecule has 17 nitrogen and oxygen atoms in total. The third-order valence-corrected chi connectivity index (χ3v) is 22.0. The summed E-state index contributed by atoms with van der Waals surface area (Å²) in [6.45, 7) is 0.153. The molecule has 0 fully saturated rings. The second-order valence-corrected chi connectivity index (χ2v) is 30.4. The average Bonchev–Trinajstić information content (AvgIpc) is 3.53. The van der Waals surface area contributed by atoms with Gasteiger partial charge in [0.1, 0.15) is 11.6 Å². The van der Waals surface area contributed by atoms with Crippen molar-refractivity contribution < 1.29 is 25.6 Å². The Morgan fingerprint density at radius 1 is 0.602 bits per heavy atom. The number of sulfone groups is 1. The molecular formula is C53H63F2N13O4S11. The molecule has 0 heterocycles. The lowest BCUT2D eigenvalue weighted by atomic mass is 10.2. The van der Waals surface area contributed by atoms with Crippen molar-refractivity contribution in [3.63, 3.8) is 0 Å². The summed E-state index contributed by atoms with van der Waals surface area (Å²) in [6.07, 6.45) is 1.13. The molecule has 0 saturated carbocycles. The number of rotatable bonds is 21. The van der Waals surface area contributed by atoms with Crippen LogP contribution in [0.3, 0.4) is 0 Å². The van der Waals surface area contributed by atoms with Gasteiger partial charge in [0.2, 0.25) is 10.0 Å². The SMILES string of the molecule is CN(C)S(=O)(=O)c1ccc(SC(SC(=N)N)c2cccc(F)c2)c(CSC(=N)N)c1.CN=C(N)SCc1ccccc1Sc1ccccc1CSC(=N)NC.CS(=O)(=O)c1ccc(Sc2ccc(F)cc2CSC(=N)N)c(CN=C(N)S)c1. The van der Waals surface area contributed by atoms with Crippen molar-refractivity contribution >= 4 is 158 Å². The maximum atomic E-state index is 13.7. The molecule has 6 rings (SSSR count). The molecule has 15 N–H and O–H groups in total. The minimum absolute atomic E-state index is 0.0583. The number of nitrogens with two attached hydrogens (primary N) is 5. The first-order chi connectivity index (χ1) is 39.2. The van der Waals surface area contributed by atoms with Crippen LogP contribution in [0, 0.1) is 33.3 Å². The molecule has 1 unspecified atom stereocenters. The van der Waals surface area contributed by atoms with Gasteiger partial charge in [-0.1, -0.05) is 131 Å². The zero-order valence-electron chi connectivity index (χ0n) is 45.4. The number of nitrogens with zero attached hydrogens (tertiary/aromatic N) is 3. The van der Waals surface area contributed by atoms with E-state index in [1.54, 1.807) is 80.1 Å². The summed E-state index contributed by atoms with van der Waals surface area (Å²) in [5, 5.41) is 34.0. The summed E-state index contributed by atoms with van der Waals surface area (Å²) >= 11 is 14.7. The van der Waals surface area contributed by atoms with E-state index >= 15 is 0 Å². The van der Waals surface area contributed by atoms with E-state index in [4.69, 9.17) is 50.3 Å². The molecule has 0 radical (unpaired) electrons. The van der Waals surface area contributed by atoms with Crippen LogP contribution in [0.4, 0.5) is 8.78 Å². The van der Waals surface area contributed by atoms with Gasteiger partial charge in [-0.15, -0.1) is 24.4 Å². The molecule has 0 bridgehead atoms. The van der Waals surface area contributed by atoms with Crippen molar-refractivity contribution in [3.8, 4) is 0 Å². The van der Waals surface area contributed by atoms with E-state index in [1.165, 1.54) is 107 Å². The molecule has 30 heteroatoms. The largest absolute Gasteiger partial charge is 0.379 e. The van der Waals surface area contributed by atoms with Gasteiger partial charge in [-0.3, -0.25) is 31.6 Å². The molecule has 0 aliphatic carbocycles. The van der Waals surface area contributed by atoms with E-state index < -0.39 is 30.3 Å². The van der Waals surface area contributed by atoms with E-state index in [2.05, 4.69) is 70.4 Å². The van der Waals surface area contributed by atoms with Gasteiger partial charge in [-0.2, -0.15) is 0 Å². The van der Waals surface area contributed by atoms with E-state index in [0.717, 1.165) is 72.0 Å². The monoisotopic (exact) mass is 1340 g/mol. The van der Waals surface area contributed by atoms with Crippen LogP contribution in [0.1, 0.15) is 38.0 Å². The molecule has 0 aliphatic heterocycles. The number of hydrogen-bond acceptors (Lipinski definition) is 18. The first kappa shape index (κ1) is 70.5. The van der Waals surface area contributed by atoms with Crippen LogP contribution in [0.5, 0.6) is 0 Å². The Bertz CT molecular complexity index is 3540. The quantitative estimate of drug-likeness (QED) is 0.0105. The first-order valence-electron chi connectivity index (χ1n) is 24.0. The van der Waals surface area contributed by atoms with E-state index in [1.807, 2.05) is 6.07 Å². The summed E-state index contributed by atoms with van der Waals surface area (Å²) in [6, 6.07) is 36.6. The second kappa shape index (κ2) is 34.8. The molecule has 0 spiro atoms. The van der Waals surface area contributed by atoms with E-state index in [9.17, 15) is 25.6 Å². The number of halogens is 2. The summed E-state index contributed by atoms with van der Waals surface area (Å²) in [5.74, 6) is 1.41. The number of sulfonamides is 1. The summed E-state index contributed by atoms with van der Waals surface area (Å²) < 4.78 is 76.9. The van der Waals surface area contributed by atoms with Gasteiger partial charge in [0.05, 0.1) is 20.9 Å². The zero-order valence-corrected chi connectivity index (χ0v) is 54.4. The molecule has 83 heavy (non-hydrogen) atoms. The zero-order chi connectivity index (χ0) is 61.4. The van der Waals surface area contributed by atoms with Crippen LogP contribution < -0.4 is 34.0 Å². The van der Waals surface area contributed by atoms with Crippen molar-refractivity contribution in [2.75, 3.05) is 34.4 Å². The molecule has 0 saturated heterocycles. The highest BCUT2D eigenvalue weighted by molar-refractivity contribution is 8.24. The first-order valence-corrected chi connectivity index (χ1v) is 35.1. The van der Waals surface area contributed by atoms with E-state index in [0.29, 0.717) is 38.3 Å². The summed E-state index contributed by atoms with van der Waals surface area (Å²) in [4.78, 5) is 13.0. The van der Waals surface area contributed by atoms with Crippen molar-refractivity contribution in [1.82, 2.24) is 9.62 Å². The van der Waals surface area contributed by atoms with E-state index in [-0.39, 0.29) is 48.6 Å². The summed E-state index contributed by atoms with van der Waals surface area (Å²) in [5.41, 5.74) is 32.8. The van der Waals surface area contributed by atoms with Gasteiger partial charge in [0, 0.05) is 81.9 Å². The third kappa shape index (κ3) is 24.5. The van der Waals surface area contributed by atoms with Gasteiger partial charge in [0.25, 0.3) is 0 Å². The second-order valence-electron chi connectivity index (χ2n) is 17.0. The fourth-order valence-corrected chi connectivity index (χ4v) is 15.5. The molecule has 6 aromatic carbocycles. The fourth-order valence-electron chi connectivity index (χ4n) is 6.57. The van der Waals surface area contributed by atoms with Gasteiger partial charge < -0.3 is 34.0 Å². The van der Waals surface area contributed by atoms with Crippen LogP contribution >= 0.6 is 107 Å². The van der Waals surface area contributed by atoms with Crippen LogP contribution in [0.25, 0.3) is 0 Å². The van der Waals surface area contributed by atoms with Crippen molar-refractivity contribution in [2.45, 2.75) is 68.4 Å². The van der Waals surface area contributed by atoms with Gasteiger partial charge in [-0.05, 0) is 112 Å². The normalized spacial score (nSPS) is 12.1. The molecule has 0 aromatic heterocycles. The minimum atomic E-state index is -3.64. The highest BCUT2D eigenvalue weighted by Crippen LogP contribution is 2.46. The highest BCUT2D eigenvalue weighted by Gasteiger charge is 2.23. The molecule has 1 atom stereocenters. The molecular weight excluding hydrogens is 1270 g/mol. The average molecular weight is 1340 g/mol.